The van der Waals surface area contributed by atoms with Crippen LogP contribution in [-0.4, -0.2) is 47.7 Å². The molecule has 1 aromatic carbocycles. The second kappa shape index (κ2) is 7.72. The third kappa shape index (κ3) is 4.04. The Morgan fingerprint density at radius 3 is 2.46 bits per heavy atom. The number of nitrogens with zero attached hydrogens (tertiary/aromatic N) is 3. The number of carbonyl (C=O) groups excluding carboxylic acids is 1. The number of ether oxygens (including phenoxy) is 1. The van der Waals surface area contributed by atoms with Crippen molar-refractivity contribution in [3.8, 4) is 5.75 Å². The first-order valence-corrected chi connectivity index (χ1v) is 10.0. The van der Waals surface area contributed by atoms with Crippen LogP contribution >= 0.6 is 11.3 Å². The molecule has 0 radical (unpaired) electrons. The van der Waals surface area contributed by atoms with Gasteiger partial charge in [-0.05, 0) is 50.9 Å². The molecule has 26 heavy (non-hydrogen) atoms. The van der Waals surface area contributed by atoms with Crippen molar-refractivity contribution in [2.24, 2.45) is 0 Å². The number of benzene rings is 1. The lowest BCUT2D eigenvalue weighted by molar-refractivity contribution is -0.117. The summed E-state index contributed by atoms with van der Waals surface area (Å²) in [5.74, 6) is 1.86. The zero-order valence-electron chi connectivity index (χ0n) is 15.0. The maximum atomic E-state index is 12.4. The minimum atomic E-state index is -0.000107. The predicted octanol–water partition coefficient (Wildman–Crippen LogP) is 3.24. The first kappa shape index (κ1) is 17.4. The number of carbonyl (C=O) groups is 1. The van der Waals surface area contributed by atoms with Gasteiger partial charge >= 0.3 is 0 Å². The molecule has 2 aromatic rings. The van der Waals surface area contributed by atoms with E-state index in [1.807, 2.05) is 24.3 Å². The zero-order chi connectivity index (χ0) is 17.9. The van der Waals surface area contributed by atoms with Crippen LogP contribution in [0, 0.1) is 0 Å². The normalized spacial score (nSPS) is 18.7. The zero-order valence-corrected chi connectivity index (χ0v) is 15.8. The predicted molar refractivity (Wildman–Crippen MR) is 102 cm³/mol. The van der Waals surface area contributed by atoms with Gasteiger partial charge in [0.05, 0.1) is 19.3 Å². The maximum Gasteiger partial charge on any atom is 0.238 e. The van der Waals surface area contributed by atoms with Gasteiger partial charge in [0.15, 0.2) is 0 Å². The van der Waals surface area contributed by atoms with Gasteiger partial charge in [-0.15, -0.1) is 21.5 Å². The summed E-state index contributed by atoms with van der Waals surface area (Å²) in [6.45, 7) is 2.25. The fourth-order valence-corrected chi connectivity index (χ4v) is 4.57. The first-order valence-electron chi connectivity index (χ1n) is 9.21. The van der Waals surface area contributed by atoms with Gasteiger partial charge < -0.3 is 10.1 Å². The second-order valence-electron chi connectivity index (χ2n) is 7.05. The number of aromatic nitrogens is 2. The highest BCUT2D eigenvalue weighted by Gasteiger charge is 2.30. The molecule has 0 bridgehead atoms. The highest BCUT2D eigenvalue weighted by Crippen LogP contribution is 2.43. The molecule has 1 aliphatic carbocycles. The number of methoxy groups -OCH3 is 1. The summed E-state index contributed by atoms with van der Waals surface area (Å²) < 4.78 is 5.28. The van der Waals surface area contributed by atoms with Gasteiger partial charge in [0.25, 0.3) is 0 Å². The number of hydrogen-bond acceptors (Lipinski definition) is 6. The monoisotopic (exact) mass is 372 g/mol. The van der Waals surface area contributed by atoms with Crippen LogP contribution in [0.2, 0.25) is 0 Å². The van der Waals surface area contributed by atoms with Crippen molar-refractivity contribution < 1.29 is 9.53 Å². The fourth-order valence-electron chi connectivity index (χ4n) is 3.39. The lowest BCUT2D eigenvalue weighted by atomic mass is 9.98. The van der Waals surface area contributed by atoms with E-state index in [1.165, 1.54) is 22.9 Å². The number of amides is 1. The average Bonchev–Trinajstić information content (AvgIpc) is 3.40. The number of piperidine rings is 1. The fraction of sp³-hybridized carbons (Fsp3) is 0.526. The van der Waals surface area contributed by atoms with Gasteiger partial charge in [-0.3, -0.25) is 9.69 Å². The van der Waals surface area contributed by atoms with E-state index >= 15 is 0 Å². The van der Waals surface area contributed by atoms with Crippen LogP contribution < -0.4 is 10.1 Å². The molecule has 138 valence electrons. The van der Waals surface area contributed by atoms with Crippen LogP contribution in [0.25, 0.3) is 0 Å². The molecular weight excluding hydrogens is 348 g/mol. The molecule has 6 nitrogen and oxygen atoms in total. The molecule has 4 rings (SSSR count). The molecule has 1 amide bonds. The summed E-state index contributed by atoms with van der Waals surface area (Å²) in [5, 5.41) is 14.1. The van der Waals surface area contributed by atoms with E-state index < -0.39 is 0 Å². The minimum Gasteiger partial charge on any atom is -0.495 e. The Kier molecular flexibility index (Phi) is 5.17. The van der Waals surface area contributed by atoms with Crippen molar-refractivity contribution >= 4 is 22.9 Å². The Morgan fingerprint density at radius 1 is 1.15 bits per heavy atom. The van der Waals surface area contributed by atoms with E-state index in [0.717, 1.165) is 31.6 Å². The van der Waals surface area contributed by atoms with Crippen LogP contribution in [0.4, 0.5) is 5.69 Å². The van der Waals surface area contributed by atoms with Gasteiger partial charge in [-0.2, -0.15) is 0 Å². The summed E-state index contributed by atoms with van der Waals surface area (Å²) in [6, 6.07) is 7.48. The Bertz CT molecular complexity index is 766. The number of hydrogen-bond donors (Lipinski definition) is 1. The van der Waals surface area contributed by atoms with Gasteiger partial charge in [0, 0.05) is 11.8 Å². The Balaban J connectivity index is 1.27. The van der Waals surface area contributed by atoms with Crippen LogP contribution in [0.3, 0.4) is 0 Å². The summed E-state index contributed by atoms with van der Waals surface area (Å²) in [5.41, 5.74) is 0.719. The third-order valence-electron chi connectivity index (χ3n) is 5.07. The summed E-state index contributed by atoms with van der Waals surface area (Å²) >= 11 is 1.80. The SMILES string of the molecule is COc1ccccc1NC(=O)CN1CCC(c2nnc(C3CC3)s2)CC1. The average molecular weight is 372 g/mol. The second-order valence-corrected chi connectivity index (χ2v) is 8.09. The summed E-state index contributed by atoms with van der Waals surface area (Å²) in [6.07, 6.45) is 4.63. The molecule has 7 heteroatoms. The molecule has 1 aromatic heterocycles. The number of nitrogens with one attached hydrogen (secondary N) is 1. The molecule has 2 aliphatic rings. The molecule has 0 spiro atoms. The van der Waals surface area contributed by atoms with E-state index in [9.17, 15) is 4.79 Å². The van der Waals surface area contributed by atoms with Crippen LogP contribution in [-0.2, 0) is 4.79 Å². The molecule has 0 atom stereocenters. The van der Waals surface area contributed by atoms with Crippen LogP contribution in [0.5, 0.6) is 5.75 Å². The Hall–Kier alpha value is -1.99. The van der Waals surface area contributed by atoms with Crippen molar-refractivity contribution in [1.82, 2.24) is 15.1 Å². The standard InChI is InChI=1S/C19H24N4O2S/c1-25-16-5-3-2-4-15(16)20-17(24)12-23-10-8-14(9-11-23)19-22-21-18(26-19)13-6-7-13/h2-5,13-14H,6-12H2,1H3,(H,20,24). The summed E-state index contributed by atoms with van der Waals surface area (Å²) in [7, 11) is 1.61. The lowest BCUT2D eigenvalue weighted by Crippen LogP contribution is -2.38. The quantitative estimate of drug-likeness (QED) is 0.843. The van der Waals surface area contributed by atoms with E-state index in [2.05, 4.69) is 20.4 Å². The van der Waals surface area contributed by atoms with Crippen LogP contribution in [0.15, 0.2) is 24.3 Å². The van der Waals surface area contributed by atoms with E-state index in [4.69, 9.17) is 4.74 Å². The molecule has 0 unspecified atom stereocenters. The van der Waals surface area contributed by atoms with Gasteiger partial charge in [-0.25, -0.2) is 0 Å². The Labute approximate surface area is 157 Å². The molecule has 1 saturated carbocycles. The highest BCUT2D eigenvalue weighted by molar-refractivity contribution is 7.11. The van der Waals surface area contributed by atoms with E-state index in [1.54, 1.807) is 18.4 Å². The number of rotatable bonds is 6. The van der Waals surface area contributed by atoms with Crippen molar-refractivity contribution in [2.75, 3.05) is 32.1 Å². The molecule has 1 saturated heterocycles. The van der Waals surface area contributed by atoms with Crippen LogP contribution in [0.1, 0.15) is 47.5 Å². The lowest BCUT2D eigenvalue weighted by Gasteiger charge is -2.30. The van der Waals surface area contributed by atoms with Gasteiger partial charge in [0.2, 0.25) is 5.91 Å². The number of anilines is 1. The number of likely N-dealkylation sites (tertiary alicyclic amines) is 1. The van der Waals surface area contributed by atoms with Crippen molar-refractivity contribution in [3.05, 3.63) is 34.3 Å². The molecular formula is C19H24N4O2S. The number of para-hydroxylation sites is 2. The molecule has 1 aliphatic heterocycles. The third-order valence-corrected chi connectivity index (χ3v) is 6.32. The molecule has 2 fully saturated rings. The Morgan fingerprint density at radius 2 is 1.81 bits per heavy atom. The van der Waals surface area contributed by atoms with E-state index in [-0.39, 0.29) is 5.91 Å². The first-order chi connectivity index (χ1) is 12.7. The summed E-state index contributed by atoms with van der Waals surface area (Å²) in [4.78, 5) is 14.6. The largest absolute Gasteiger partial charge is 0.495 e. The van der Waals surface area contributed by atoms with Crippen molar-refractivity contribution in [2.45, 2.75) is 37.5 Å². The highest BCUT2D eigenvalue weighted by atomic mass is 32.1. The smallest absolute Gasteiger partial charge is 0.238 e. The molecule has 2 heterocycles. The molecule has 1 N–H and O–H groups in total. The maximum absolute atomic E-state index is 12.4. The topological polar surface area (TPSA) is 67.3 Å². The van der Waals surface area contributed by atoms with Crippen molar-refractivity contribution in [1.29, 1.82) is 0 Å². The van der Waals surface area contributed by atoms with E-state index in [0.29, 0.717) is 24.1 Å². The van der Waals surface area contributed by atoms with Crippen molar-refractivity contribution in [3.63, 3.8) is 0 Å². The van der Waals surface area contributed by atoms with Gasteiger partial charge in [-0.1, -0.05) is 12.1 Å². The van der Waals surface area contributed by atoms with Gasteiger partial charge in [0.1, 0.15) is 15.8 Å². The minimum absolute atomic E-state index is 0.000107.